The summed E-state index contributed by atoms with van der Waals surface area (Å²) in [6.45, 7) is 8.49. The van der Waals surface area contributed by atoms with Crippen molar-refractivity contribution in [2.45, 2.75) is 39.7 Å². The van der Waals surface area contributed by atoms with Crippen molar-refractivity contribution in [1.29, 1.82) is 0 Å². The van der Waals surface area contributed by atoms with Crippen LogP contribution in [0.2, 0.25) is 0 Å². The molecule has 0 saturated carbocycles. The fourth-order valence-corrected chi connectivity index (χ4v) is 1.81. The summed E-state index contributed by atoms with van der Waals surface area (Å²) >= 11 is 0. The Bertz CT molecular complexity index is 390. The van der Waals surface area contributed by atoms with Crippen molar-refractivity contribution in [3.63, 3.8) is 0 Å². The van der Waals surface area contributed by atoms with E-state index in [0.717, 1.165) is 31.7 Å². The van der Waals surface area contributed by atoms with Crippen molar-refractivity contribution >= 4 is 5.91 Å². The number of rotatable bonds is 9. The number of carbonyl (C=O) groups is 1. The molecule has 0 saturated heterocycles. The maximum Gasteiger partial charge on any atom is 0.251 e. The first-order chi connectivity index (χ1) is 9.67. The van der Waals surface area contributed by atoms with Gasteiger partial charge in [-0.05, 0) is 44.2 Å². The van der Waals surface area contributed by atoms with Crippen molar-refractivity contribution in [2.75, 3.05) is 19.7 Å². The number of ether oxygens (including phenoxy) is 1. The molecule has 1 amide bonds. The van der Waals surface area contributed by atoms with Crippen LogP contribution in [-0.4, -0.2) is 31.6 Å². The van der Waals surface area contributed by atoms with E-state index >= 15 is 0 Å². The van der Waals surface area contributed by atoms with Gasteiger partial charge in [-0.3, -0.25) is 4.79 Å². The molecule has 4 nitrogen and oxygen atoms in total. The van der Waals surface area contributed by atoms with E-state index in [2.05, 4.69) is 31.4 Å². The molecule has 0 aliphatic carbocycles. The minimum absolute atomic E-state index is 0.0464. The largest absolute Gasteiger partial charge is 0.494 e. The van der Waals surface area contributed by atoms with Crippen LogP contribution < -0.4 is 15.4 Å². The lowest BCUT2D eigenvalue weighted by molar-refractivity contribution is 0.0950. The highest BCUT2D eigenvalue weighted by Gasteiger charge is 2.07. The van der Waals surface area contributed by atoms with Crippen molar-refractivity contribution in [1.82, 2.24) is 10.6 Å². The molecule has 0 spiro atoms. The molecule has 0 unspecified atom stereocenters. The van der Waals surface area contributed by atoms with Crippen LogP contribution in [0.5, 0.6) is 5.75 Å². The molecule has 0 aromatic heterocycles. The van der Waals surface area contributed by atoms with Crippen LogP contribution in [0.1, 0.15) is 44.0 Å². The van der Waals surface area contributed by atoms with E-state index in [0.29, 0.717) is 12.1 Å². The molecular weight excluding hydrogens is 252 g/mol. The summed E-state index contributed by atoms with van der Waals surface area (Å²) in [6, 6.07) is 7.57. The minimum atomic E-state index is -0.0464. The smallest absolute Gasteiger partial charge is 0.251 e. The maximum absolute atomic E-state index is 11.9. The standard InChI is InChI=1S/C16H26N2O2/c1-4-6-11-20-15-9-7-14(8-10-15)16(19)18-12-13(3)17-5-2/h7-10,13,17H,4-6,11-12H2,1-3H3,(H,18,19)/t13-/m1/s1. The maximum atomic E-state index is 11.9. The highest BCUT2D eigenvalue weighted by atomic mass is 16.5. The predicted molar refractivity (Wildman–Crippen MR) is 82.3 cm³/mol. The van der Waals surface area contributed by atoms with Crippen LogP contribution in [-0.2, 0) is 0 Å². The number of carbonyl (C=O) groups excluding carboxylic acids is 1. The Hall–Kier alpha value is -1.55. The first-order valence-electron chi connectivity index (χ1n) is 7.41. The molecule has 20 heavy (non-hydrogen) atoms. The Morgan fingerprint density at radius 1 is 1.25 bits per heavy atom. The molecule has 112 valence electrons. The van der Waals surface area contributed by atoms with Gasteiger partial charge in [-0.15, -0.1) is 0 Å². The second kappa shape index (κ2) is 9.37. The Kier molecular flexibility index (Phi) is 7.73. The van der Waals surface area contributed by atoms with Crippen LogP contribution in [0, 0.1) is 0 Å². The van der Waals surface area contributed by atoms with Crippen molar-refractivity contribution in [3.05, 3.63) is 29.8 Å². The average Bonchev–Trinajstić information content (AvgIpc) is 2.46. The van der Waals surface area contributed by atoms with Gasteiger partial charge in [0.25, 0.3) is 5.91 Å². The van der Waals surface area contributed by atoms with Crippen LogP contribution in [0.4, 0.5) is 0 Å². The number of amides is 1. The second-order valence-corrected chi connectivity index (χ2v) is 4.90. The zero-order valence-electron chi connectivity index (χ0n) is 12.7. The number of nitrogens with one attached hydrogen (secondary N) is 2. The Balaban J connectivity index is 2.40. The fourth-order valence-electron chi connectivity index (χ4n) is 1.81. The summed E-state index contributed by atoms with van der Waals surface area (Å²) in [5, 5.41) is 6.17. The van der Waals surface area contributed by atoms with Crippen molar-refractivity contribution in [2.24, 2.45) is 0 Å². The van der Waals surface area contributed by atoms with Crippen molar-refractivity contribution in [3.8, 4) is 5.75 Å². The molecule has 0 heterocycles. The van der Waals surface area contributed by atoms with Gasteiger partial charge in [-0.25, -0.2) is 0 Å². The molecule has 0 radical (unpaired) electrons. The summed E-state index contributed by atoms with van der Waals surface area (Å²) in [4.78, 5) is 11.9. The first-order valence-corrected chi connectivity index (χ1v) is 7.41. The van der Waals surface area contributed by atoms with Gasteiger partial charge in [-0.2, -0.15) is 0 Å². The second-order valence-electron chi connectivity index (χ2n) is 4.90. The Labute approximate surface area is 121 Å². The van der Waals surface area contributed by atoms with Crippen LogP contribution in [0.25, 0.3) is 0 Å². The van der Waals surface area contributed by atoms with E-state index in [1.807, 2.05) is 12.1 Å². The van der Waals surface area contributed by atoms with Gasteiger partial charge >= 0.3 is 0 Å². The predicted octanol–water partition coefficient (Wildman–Crippen LogP) is 2.59. The van der Waals surface area contributed by atoms with Gasteiger partial charge in [0.2, 0.25) is 0 Å². The van der Waals surface area contributed by atoms with Gasteiger partial charge in [0.1, 0.15) is 5.75 Å². The summed E-state index contributed by atoms with van der Waals surface area (Å²) in [5.74, 6) is 0.769. The van der Waals surface area contributed by atoms with Gasteiger partial charge < -0.3 is 15.4 Å². The Morgan fingerprint density at radius 3 is 2.55 bits per heavy atom. The molecule has 1 atom stereocenters. The molecule has 0 aliphatic heterocycles. The fraction of sp³-hybridized carbons (Fsp3) is 0.562. The van der Waals surface area contributed by atoms with E-state index in [1.165, 1.54) is 0 Å². The van der Waals surface area contributed by atoms with Crippen LogP contribution >= 0.6 is 0 Å². The number of likely N-dealkylation sites (N-methyl/N-ethyl adjacent to an activating group) is 1. The molecule has 1 aromatic rings. The number of hydrogen-bond donors (Lipinski definition) is 2. The van der Waals surface area contributed by atoms with Crippen LogP contribution in [0.15, 0.2) is 24.3 Å². The number of unbranched alkanes of at least 4 members (excludes halogenated alkanes) is 1. The topological polar surface area (TPSA) is 50.4 Å². The van der Waals surface area contributed by atoms with Crippen molar-refractivity contribution < 1.29 is 9.53 Å². The lowest BCUT2D eigenvalue weighted by Gasteiger charge is -2.13. The number of hydrogen-bond acceptors (Lipinski definition) is 3. The third-order valence-corrected chi connectivity index (χ3v) is 3.00. The summed E-state index contributed by atoms with van der Waals surface area (Å²) in [6.07, 6.45) is 2.16. The molecule has 0 bridgehead atoms. The first kappa shape index (κ1) is 16.5. The van der Waals surface area contributed by atoms with Gasteiger partial charge in [0.15, 0.2) is 0 Å². The lowest BCUT2D eigenvalue weighted by atomic mass is 10.2. The summed E-state index contributed by atoms with van der Waals surface area (Å²) in [7, 11) is 0. The van der Waals surface area contributed by atoms with E-state index in [1.54, 1.807) is 12.1 Å². The quantitative estimate of drug-likeness (QED) is 0.683. The third-order valence-electron chi connectivity index (χ3n) is 3.00. The normalized spacial score (nSPS) is 11.9. The highest BCUT2D eigenvalue weighted by molar-refractivity contribution is 5.94. The SMILES string of the molecule is CCCCOc1ccc(C(=O)NC[C@@H](C)NCC)cc1. The zero-order chi connectivity index (χ0) is 14.8. The average molecular weight is 278 g/mol. The van der Waals surface area contributed by atoms with Crippen LogP contribution in [0.3, 0.4) is 0 Å². The van der Waals surface area contributed by atoms with Gasteiger partial charge in [0.05, 0.1) is 6.61 Å². The third kappa shape index (κ3) is 6.06. The Morgan fingerprint density at radius 2 is 1.95 bits per heavy atom. The molecule has 0 fully saturated rings. The van der Waals surface area contributed by atoms with E-state index < -0.39 is 0 Å². The van der Waals surface area contributed by atoms with E-state index in [9.17, 15) is 4.79 Å². The van der Waals surface area contributed by atoms with E-state index in [-0.39, 0.29) is 11.9 Å². The zero-order valence-corrected chi connectivity index (χ0v) is 12.7. The monoisotopic (exact) mass is 278 g/mol. The van der Waals surface area contributed by atoms with Gasteiger partial charge in [-0.1, -0.05) is 20.3 Å². The molecule has 1 rings (SSSR count). The lowest BCUT2D eigenvalue weighted by Crippen LogP contribution is -2.38. The summed E-state index contributed by atoms with van der Waals surface area (Å²) < 4.78 is 5.57. The molecule has 1 aromatic carbocycles. The molecular formula is C16H26N2O2. The summed E-state index contributed by atoms with van der Waals surface area (Å²) in [5.41, 5.74) is 0.663. The van der Waals surface area contributed by atoms with Gasteiger partial charge in [0, 0.05) is 18.2 Å². The molecule has 2 N–H and O–H groups in total. The minimum Gasteiger partial charge on any atom is -0.494 e. The highest BCUT2D eigenvalue weighted by Crippen LogP contribution is 2.12. The molecule has 0 aliphatic rings. The number of benzene rings is 1. The van der Waals surface area contributed by atoms with E-state index in [4.69, 9.17) is 4.74 Å². The molecule has 4 heteroatoms.